The summed E-state index contributed by atoms with van der Waals surface area (Å²) in [5.74, 6) is -0.263. The molecule has 2 aromatic heterocycles. The molecule has 1 N–H and O–H groups in total. The van der Waals surface area contributed by atoms with E-state index in [9.17, 15) is 14.4 Å². The summed E-state index contributed by atoms with van der Waals surface area (Å²) in [5, 5.41) is 3.47. The predicted molar refractivity (Wildman–Crippen MR) is 128 cm³/mol. The van der Waals surface area contributed by atoms with Crippen molar-refractivity contribution in [3.63, 3.8) is 0 Å². The zero-order valence-corrected chi connectivity index (χ0v) is 19.0. The van der Waals surface area contributed by atoms with E-state index in [2.05, 4.69) is 5.32 Å². The molecule has 9 heteroatoms. The van der Waals surface area contributed by atoms with Gasteiger partial charge in [0.05, 0.1) is 18.9 Å². The molecule has 5 rings (SSSR count). The predicted octanol–water partition coefficient (Wildman–Crippen LogP) is 3.88. The molecule has 0 radical (unpaired) electrons. The van der Waals surface area contributed by atoms with Gasteiger partial charge in [-0.15, -0.1) is 0 Å². The summed E-state index contributed by atoms with van der Waals surface area (Å²) < 4.78 is 16.4. The van der Waals surface area contributed by atoms with Crippen LogP contribution < -0.4 is 10.1 Å². The highest BCUT2D eigenvalue weighted by Crippen LogP contribution is 2.33. The van der Waals surface area contributed by atoms with Crippen LogP contribution in [0.15, 0.2) is 75.8 Å². The molecule has 178 valence electrons. The molecule has 0 unspecified atom stereocenters. The van der Waals surface area contributed by atoms with E-state index < -0.39 is 5.91 Å². The van der Waals surface area contributed by atoms with Crippen LogP contribution >= 0.6 is 0 Å². The van der Waals surface area contributed by atoms with Crippen LogP contribution in [0.5, 0.6) is 5.75 Å². The lowest BCUT2D eigenvalue weighted by atomic mass is 10.1. The SMILES string of the molecule is COc1ccccc1C(=O)Nc1c(C(=O)N2CCN(C(=O)c3ccco3)CC2)oc2ccccc12. The largest absolute Gasteiger partial charge is 0.496 e. The summed E-state index contributed by atoms with van der Waals surface area (Å²) in [7, 11) is 1.49. The molecule has 0 atom stereocenters. The van der Waals surface area contributed by atoms with E-state index in [0.717, 1.165) is 0 Å². The Morgan fingerprint density at radius 1 is 0.857 bits per heavy atom. The lowest BCUT2D eigenvalue weighted by Crippen LogP contribution is -2.50. The van der Waals surface area contributed by atoms with E-state index >= 15 is 0 Å². The van der Waals surface area contributed by atoms with Crippen molar-refractivity contribution in [3.05, 3.63) is 84.0 Å². The number of fused-ring (bicyclic) bond motifs is 1. The summed E-state index contributed by atoms with van der Waals surface area (Å²) >= 11 is 0. The molecule has 1 aliphatic rings. The Hall–Kier alpha value is -4.53. The van der Waals surface area contributed by atoms with Gasteiger partial charge in [0.15, 0.2) is 5.76 Å². The number of ether oxygens (including phenoxy) is 1. The van der Waals surface area contributed by atoms with Crippen LogP contribution in [-0.4, -0.2) is 60.8 Å². The molecule has 1 aliphatic heterocycles. The van der Waals surface area contributed by atoms with Gasteiger partial charge in [-0.1, -0.05) is 24.3 Å². The Morgan fingerprint density at radius 3 is 2.26 bits per heavy atom. The van der Waals surface area contributed by atoms with E-state index in [-0.39, 0.29) is 23.3 Å². The van der Waals surface area contributed by atoms with Gasteiger partial charge < -0.3 is 28.7 Å². The number of para-hydroxylation sites is 2. The van der Waals surface area contributed by atoms with Crippen LogP contribution in [0.2, 0.25) is 0 Å². The Kier molecular flexibility index (Phi) is 5.97. The maximum atomic E-state index is 13.5. The van der Waals surface area contributed by atoms with Gasteiger partial charge in [-0.2, -0.15) is 0 Å². The van der Waals surface area contributed by atoms with E-state index in [1.54, 1.807) is 64.4 Å². The minimum absolute atomic E-state index is 0.0419. The molecular formula is C26H23N3O6. The van der Waals surface area contributed by atoms with Gasteiger partial charge in [-0.25, -0.2) is 0 Å². The summed E-state index contributed by atoms with van der Waals surface area (Å²) in [6.45, 7) is 1.35. The van der Waals surface area contributed by atoms with Crippen molar-refractivity contribution < 1.29 is 28.0 Å². The number of hydrogen-bond donors (Lipinski definition) is 1. The molecule has 9 nitrogen and oxygen atoms in total. The van der Waals surface area contributed by atoms with Gasteiger partial charge in [0.1, 0.15) is 17.0 Å². The first-order chi connectivity index (χ1) is 17.1. The second-order valence-corrected chi connectivity index (χ2v) is 8.02. The van der Waals surface area contributed by atoms with E-state index in [1.807, 2.05) is 6.07 Å². The van der Waals surface area contributed by atoms with Gasteiger partial charge in [-0.3, -0.25) is 14.4 Å². The van der Waals surface area contributed by atoms with Crippen molar-refractivity contribution >= 4 is 34.4 Å². The number of nitrogens with one attached hydrogen (secondary N) is 1. The minimum Gasteiger partial charge on any atom is -0.496 e. The highest BCUT2D eigenvalue weighted by atomic mass is 16.5. The monoisotopic (exact) mass is 473 g/mol. The maximum absolute atomic E-state index is 13.5. The Bertz CT molecular complexity index is 1380. The normalized spacial score (nSPS) is 13.6. The fraction of sp³-hybridized carbons (Fsp3) is 0.192. The molecule has 4 aromatic rings. The third-order valence-corrected chi connectivity index (χ3v) is 5.97. The first kappa shape index (κ1) is 22.3. The molecule has 35 heavy (non-hydrogen) atoms. The lowest BCUT2D eigenvalue weighted by molar-refractivity contribution is 0.0504. The smallest absolute Gasteiger partial charge is 0.291 e. The Balaban J connectivity index is 1.39. The molecule has 0 aliphatic carbocycles. The number of benzene rings is 2. The van der Waals surface area contributed by atoms with Crippen molar-refractivity contribution in [3.8, 4) is 5.75 Å². The molecule has 1 fully saturated rings. The number of hydrogen-bond acceptors (Lipinski definition) is 6. The number of furan rings is 2. The molecule has 3 amide bonds. The summed E-state index contributed by atoms with van der Waals surface area (Å²) in [5.41, 5.74) is 1.12. The molecule has 0 spiro atoms. The highest BCUT2D eigenvalue weighted by molar-refractivity contribution is 6.15. The topological polar surface area (TPSA) is 105 Å². The fourth-order valence-electron chi connectivity index (χ4n) is 4.15. The van der Waals surface area contributed by atoms with E-state index in [1.165, 1.54) is 13.4 Å². The zero-order chi connectivity index (χ0) is 24.4. The number of carbonyl (C=O) groups excluding carboxylic acids is 3. The molecule has 3 heterocycles. The Labute approximate surface area is 200 Å². The van der Waals surface area contributed by atoms with Crippen LogP contribution in [0.1, 0.15) is 31.5 Å². The molecule has 0 bridgehead atoms. The second-order valence-electron chi connectivity index (χ2n) is 8.02. The number of piperazine rings is 1. The van der Waals surface area contributed by atoms with Crippen LogP contribution in [0.3, 0.4) is 0 Å². The second kappa shape index (κ2) is 9.38. The van der Waals surface area contributed by atoms with Gasteiger partial charge in [0, 0.05) is 31.6 Å². The van der Waals surface area contributed by atoms with Gasteiger partial charge in [-0.05, 0) is 36.4 Å². The number of anilines is 1. The quantitative estimate of drug-likeness (QED) is 0.472. The first-order valence-electron chi connectivity index (χ1n) is 11.1. The van der Waals surface area contributed by atoms with Crippen molar-refractivity contribution in [1.82, 2.24) is 9.80 Å². The van der Waals surface area contributed by atoms with Crippen LogP contribution in [0.25, 0.3) is 11.0 Å². The van der Waals surface area contributed by atoms with Crippen LogP contribution in [-0.2, 0) is 0 Å². The minimum atomic E-state index is -0.420. The number of methoxy groups -OCH3 is 1. The lowest BCUT2D eigenvalue weighted by Gasteiger charge is -2.34. The van der Waals surface area contributed by atoms with Crippen LogP contribution in [0.4, 0.5) is 5.69 Å². The maximum Gasteiger partial charge on any atom is 0.291 e. The van der Waals surface area contributed by atoms with Crippen LogP contribution in [0, 0.1) is 0 Å². The summed E-state index contributed by atoms with van der Waals surface area (Å²) in [6, 6.07) is 17.3. The van der Waals surface area contributed by atoms with Gasteiger partial charge in [0.25, 0.3) is 17.7 Å². The standard InChI is InChI=1S/C26H23N3O6/c1-33-19-9-4-3-8-18(19)24(30)27-22-17-7-2-5-10-20(17)35-23(22)26(32)29-14-12-28(13-15-29)25(31)21-11-6-16-34-21/h2-11,16H,12-15H2,1H3,(H,27,30). The van der Waals surface area contributed by atoms with E-state index in [0.29, 0.717) is 54.1 Å². The van der Waals surface area contributed by atoms with Gasteiger partial charge in [0.2, 0.25) is 5.76 Å². The first-order valence-corrected chi connectivity index (χ1v) is 11.1. The number of nitrogens with zero attached hydrogens (tertiary/aromatic N) is 2. The number of carbonyl (C=O) groups is 3. The van der Waals surface area contributed by atoms with Crippen molar-refractivity contribution in [2.45, 2.75) is 0 Å². The highest BCUT2D eigenvalue weighted by Gasteiger charge is 2.31. The van der Waals surface area contributed by atoms with Crippen molar-refractivity contribution in [2.24, 2.45) is 0 Å². The number of rotatable bonds is 5. The third kappa shape index (κ3) is 4.23. The average molecular weight is 473 g/mol. The average Bonchev–Trinajstić information content (AvgIpc) is 3.57. The summed E-state index contributed by atoms with van der Waals surface area (Å²) in [6.07, 6.45) is 1.45. The summed E-state index contributed by atoms with van der Waals surface area (Å²) in [4.78, 5) is 42.4. The van der Waals surface area contributed by atoms with Crippen molar-refractivity contribution in [2.75, 3.05) is 38.6 Å². The van der Waals surface area contributed by atoms with Gasteiger partial charge >= 0.3 is 0 Å². The van der Waals surface area contributed by atoms with E-state index in [4.69, 9.17) is 13.6 Å². The molecule has 0 saturated carbocycles. The number of amides is 3. The Morgan fingerprint density at radius 2 is 1.54 bits per heavy atom. The zero-order valence-electron chi connectivity index (χ0n) is 19.0. The molecular weight excluding hydrogens is 450 g/mol. The molecule has 1 saturated heterocycles. The van der Waals surface area contributed by atoms with Crippen molar-refractivity contribution in [1.29, 1.82) is 0 Å². The molecule has 2 aromatic carbocycles. The third-order valence-electron chi connectivity index (χ3n) is 5.97. The fourth-order valence-corrected chi connectivity index (χ4v) is 4.15.